The molecule has 1 atom stereocenters. The Labute approximate surface area is 182 Å². The normalized spacial score (nSPS) is 17.4. The molecular formula is C21H30N6O2S. The van der Waals surface area contributed by atoms with Crippen LogP contribution in [-0.2, 0) is 10.5 Å². The number of aromatic nitrogens is 2. The summed E-state index contributed by atoms with van der Waals surface area (Å²) < 4.78 is 5.33. The predicted octanol–water partition coefficient (Wildman–Crippen LogP) is 3.79. The molecule has 0 aliphatic carbocycles. The van der Waals surface area contributed by atoms with Crippen LogP contribution in [0.3, 0.4) is 0 Å². The van der Waals surface area contributed by atoms with Crippen LogP contribution in [-0.4, -0.2) is 49.8 Å². The van der Waals surface area contributed by atoms with Crippen molar-refractivity contribution in [2.75, 3.05) is 48.7 Å². The summed E-state index contributed by atoms with van der Waals surface area (Å²) in [6, 6.07) is 5.77. The van der Waals surface area contributed by atoms with E-state index in [0.717, 1.165) is 29.3 Å². The number of hydrogen-bond donors (Lipinski definition) is 2. The molecule has 1 aromatic heterocycles. The standard InChI is InChI=1S/C21H30N6O2S/c1-8-21(3)25-17-18(26(4)5)23-20(24-19(17)27(21)6)30-12-14-9-10-16(29-7)15(11-14)22-13(2)28/h9-11,25H,8,12H2,1-7H3,(H,22,28). The molecular weight excluding hydrogens is 400 g/mol. The van der Waals surface area contributed by atoms with Gasteiger partial charge in [-0.3, -0.25) is 4.79 Å². The van der Waals surface area contributed by atoms with Crippen LogP contribution < -0.4 is 25.2 Å². The number of carbonyl (C=O) groups is 1. The lowest BCUT2D eigenvalue weighted by molar-refractivity contribution is -0.114. The highest BCUT2D eigenvalue weighted by atomic mass is 32.2. The molecule has 0 saturated heterocycles. The van der Waals surface area contributed by atoms with Crippen LogP contribution in [0.2, 0.25) is 0 Å². The van der Waals surface area contributed by atoms with Gasteiger partial charge in [0.25, 0.3) is 0 Å². The van der Waals surface area contributed by atoms with Gasteiger partial charge < -0.3 is 25.2 Å². The van der Waals surface area contributed by atoms with Gasteiger partial charge in [0.2, 0.25) is 5.91 Å². The summed E-state index contributed by atoms with van der Waals surface area (Å²) in [5, 5.41) is 7.12. The van der Waals surface area contributed by atoms with Gasteiger partial charge in [-0.2, -0.15) is 0 Å². The molecule has 0 fully saturated rings. The van der Waals surface area contributed by atoms with E-state index in [1.54, 1.807) is 18.9 Å². The smallest absolute Gasteiger partial charge is 0.221 e. The Bertz CT molecular complexity index is 951. The molecule has 1 aromatic carbocycles. The summed E-state index contributed by atoms with van der Waals surface area (Å²) in [6.45, 7) is 5.81. The summed E-state index contributed by atoms with van der Waals surface area (Å²) in [5.41, 5.74) is 2.49. The highest BCUT2D eigenvalue weighted by Crippen LogP contribution is 2.44. The number of carbonyl (C=O) groups excluding carboxylic acids is 1. The van der Waals surface area contributed by atoms with Crippen LogP contribution in [0.4, 0.5) is 23.0 Å². The number of thioether (sulfide) groups is 1. The Morgan fingerprint density at radius 2 is 2.10 bits per heavy atom. The van der Waals surface area contributed by atoms with Crippen LogP contribution in [0.15, 0.2) is 23.4 Å². The zero-order chi connectivity index (χ0) is 22.1. The first-order chi connectivity index (χ1) is 14.2. The number of amides is 1. The van der Waals surface area contributed by atoms with Gasteiger partial charge in [0.15, 0.2) is 16.8 Å². The van der Waals surface area contributed by atoms with Gasteiger partial charge in [0.05, 0.1) is 12.8 Å². The minimum atomic E-state index is -0.186. The maximum absolute atomic E-state index is 11.5. The van der Waals surface area contributed by atoms with Gasteiger partial charge in [-0.1, -0.05) is 24.8 Å². The van der Waals surface area contributed by atoms with Gasteiger partial charge in [-0.15, -0.1) is 0 Å². The second-order valence-corrected chi connectivity index (χ2v) is 8.68. The number of nitrogens with zero attached hydrogens (tertiary/aromatic N) is 4. The Hall–Kier alpha value is -2.68. The van der Waals surface area contributed by atoms with Crippen molar-refractivity contribution in [1.82, 2.24) is 9.97 Å². The monoisotopic (exact) mass is 430 g/mol. The molecule has 0 radical (unpaired) electrons. The molecule has 0 saturated carbocycles. The largest absolute Gasteiger partial charge is 0.495 e. The van der Waals surface area contributed by atoms with Gasteiger partial charge in [0.1, 0.15) is 17.1 Å². The molecule has 8 nitrogen and oxygen atoms in total. The van der Waals surface area contributed by atoms with E-state index in [4.69, 9.17) is 14.7 Å². The quantitative estimate of drug-likeness (QED) is 0.507. The minimum Gasteiger partial charge on any atom is -0.495 e. The number of methoxy groups -OCH3 is 1. The van der Waals surface area contributed by atoms with Crippen LogP contribution >= 0.6 is 11.8 Å². The molecule has 0 bridgehead atoms. The molecule has 1 aliphatic heterocycles. The van der Waals surface area contributed by atoms with Gasteiger partial charge >= 0.3 is 0 Å². The molecule has 1 aliphatic rings. The molecule has 2 heterocycles. The van der Waals surface area contributed by atoms with E-state index in [-0.39, 0.29) is 11.6 Å². The molecule has 162 valence electrons. The molecule has 1 unspecified atom stereocenters. The van der Waals surface area contributed by atoms with E-state index < -0.39 is 0 Å². The topological polar surface area (TPSA) is 82.6 Å². The summed E-state index contributed by atoms with van der Waals surface area (Å²) in [6.07, 6.45) is 0.937. The van der Waals surface area contributed by atoms with Crippen LogP contribution in [0.25, 0.3) is 0 Å². The third-order valence-corrected chi connectivity index (χ3v) is 6.28. The molecule has 2 N–H and O–H groups in total. The maximum Gasteiger partial charge on any atom is 0.221 e. The number of anilines is 4. The van der Waals surface area contributed by atoms with E-state index in [9.17, 15) is 4.79 Å². The van der Waals surface area contributed by atoms with Gasteiger partial charge in [-0.25, -0.2) is 9.97 Å². The Kier molecular flexibility index (Phi) is 6.30. The van der Waals surface area contributed by atoms with Crippen molar-refractivity contribution < 1.29 is 9.53 Å². The lowest BCUT2D eigenvalue weighted by Crippen LogP contribution is -2.45. The molecule has 1 amide bonds. The highest BCUT2D eigenvalue weighted by molar-refractivity contribution is 7.98. The lowest BCUT2D eigenvalue weighted by Gasteiger charge is -2.32. The fourth-order valence-corrected chi connectivity index (χ4v) is 4.13. The van der Waals surface area contributed by atoms with Crippen molar-refractivity contribution in [1.29, 1.82) is 0 Å². The summed E-state index contributed by atoms with van der Waals surface area (Å²) in [4.78, 5) is 25.3. The van der Waals surface area contributed by atoms with E-state index in [2.05, 4.69) is 36.4 Å². The van der Waals surface area contributed by atoms with Crippen molar-refractivity contribution in [2.45, 2.75) is 43.8 Å². The van der Waals surface area contributed by atoms with Crippen molar-refractivity contribution in [3.05, 3.63) is 23.8 Å². The molecule has 0 spiro atoms. The molecule has 9 heteroatoms. The van der Waals surface area contributed by atoms with Crippen LogP contribution in [0.5, 0.6) is 5.75 Å². The third kappa shape index (κ3) is 4.26. The molecule has 30 heavy (non-hydrogen) atoms. The van der Waals surface area contributed by atoms with Crippen LogP contribution in [0.1, 0.15) is 32.8 Å². The summed E-state index contributed by atoms with van der Waals surface area (Å²) >= 11 is 1.57. The zero-order valence-electron chi connectivity index (χ0n) is 18.7. The Balaban J connectivity index is 1.87. The zero-order valence-corrected chi connectivity index (χ0v) is 19.5. The average Bonchev–Trinajstić information content (AvgIpc) is 2.96. The summed E-state index contributed by atoms with van der Waals surface area (Å²) in [5.74, 6) is 2.96. The Morgan fingerprint density at radius 1 is 1.37 bits per heavy atom. The first kappa shape index (κ1) is 22.0. The lowest BCUT2D eigenvalue weighted by atomic mass is 10.1. The fourth-order valence-electron chi connectivity index (χ4n) is 3.35. The van der Waals surface area contributed by atoms with Crippen molar-refractivity contribution in [3.8, 4) is 5.75 Å². The minimum absolute atomic E-state index is 0.134. The Morgan fingerprint density at radius 3 is 2.70 bits per heavy atom. The average molecular weight is 431 g/mol. The van der Waals surface area contributed by atoms with Crippen LogP contribution in [0, 0.1) is 0 Å². The first-order valence-corrected chi connectivity index (χ1v) is 10.9. The number of benzene rings is 1. The maximum atomic E-state index is 11.5. The van der Waals surface area contributed by atoms with Gasteiger partial charge in [0, 0.05) is 33.8 Å². The van der Waals surface area contributed by atoms with Crippen molar-refractivity contribution in [3.63, 3.8) is 0 Å². The van der Waals surface area contributed by atoms with E-state index in [0.29, 0.717) is 22.3 Å². The van der Waals surface area contributed by atoms with Crippen molar-refractivity contribution >= 4 is 40.7 Å². The highest BCUT2D eigenvalue weighted by Gasteiger charge is 2.39. The number of ether oxygens (including phenoxy) is 1. The summed E-state index contributed by atoms with van der Waals surface area (Å²) in [7, 11) is 7.63. The number of rotatable bonds is 7. The SMILES string of the molecule is CCC1(C)Nc2c(N(C)C)nc(SCc3ccc(OC)c(NC(C)=O)c3)nc2N1C. The second kappa shape index (κ2) is 8.59. The second-order valence-electron chi connectivity index (χ2n) is 7.74. The third-order valence-electron chi connectivity index (χ3n) is 5.36. The number of fused-ring (bicyclic) bond motifs is 1. The first-order valence-electron chi connectivity index (χ1n) is 9.87. The van der Waals surface area contributed by atoms with E-state index >= 15 is 0 Å². The molecule has 3 rings (SSSR count). The van der Waals surface area contributed by atoms with Crippen molar-refractivity contribution in [2.24, 2.45) is 0 Å². The fraction of sp³-hybridized carbons (Fsp3) is 0.476. The van der Waals surface area contributed by atoms with Gasteiger partial charge in [-0.05, 0) is 31.0 Å². The van der Waals surface area contributed by atoms with E-state index in [1.165, 1.54) is 6.92 Å². The number of nitrogens with one attached hydrogen (secondary N) is 2. The molecule has 2 aromatic rings. The van der Waals surface area contributed by atoms with E-state index in [1.807, 2.05) is 37.2 Å². The number of hydrogen-bond acceptors (Lipinski definition) is 8. The predicted molar refractivity (Wildman–Crippen MR) is 124 cm³/mol.